The largest absolute Gasteiger partial charge is 0.399 e. The van der Waals surface area contributed by atoms with E-state index in [9.17, 15) is 0 Å². The van der Waals surface area contributed by atoms with Gasteiger partial charge >= 0.3 is 0 Å². The van der Waals surface area contributed by atoms with Gasteiger partial charge in [-0.3, -0.25) is 0 Å². The quantitative estimate of drug-likeness (QED) is 0.826. The number of benzene rings is 1. The maximum Gasteiger partial charge on any atom is 0.0640 e. The summed E-state index contributed by atoms with van der Waals surface area (Å²) in [7, 11) is 0. The standard InChI is InChI=1S/C16H22N2.2ClH/c1-10-5-11(2)7-14(6-10)16(18)8-12(3)15(17)13(4)9-16;;/h5-8H,9,17-18H2,1-4H3;2*1H. The highest BCUT2D eigenvalue weighted by Gasteiger charge is 2.30. The fraction of sp³-hybridized carbons (Fsp3) is 0.375. The molecular formula is C16H24Cl2N2. The molecule has 1 atom stereocenters. The topological polar surface area (TPSA) is 52.0 Å². The maximum atomic E-state index is 6.60. The van der Waals surface area contributed by atoms with Crippen molar-refractivity contribution >= 4 is 24.8 Å². The highest BCUT2D eigenvalue weighted by atomic mass is 35.5. The van der Waals surface area contributed by atoms with Gasteiger partial charge < -0.3 is 11.5 Å². The van der Waals surface area contributed by atoms with E-state index in [1.54, 1.807) is 0 Å². The average Bonchev–Trinajstić information content (AvgIpc) is 2.24. The number of hydrogen-bond acceptors (Lipinski definition) is 2. The van der Waals surface area contributed by atoms with Crippen molar-refractivity contribution in [2.45, 2.75) is 39.7 Å². The zero-order valence-electron chi connectivity index (χ0n) is 12.5. The molecule has 0 saturated carbocycles. The van der Waals surface area contributed by atoms with E-state index in [4.69, 9.17) is 11.5 Å². The second-order valence-corrected chi connectivity index (χ2v) is 5.61. The van der Waals surface area contributed by atoms with E-state index in [1.165, 1.54) is 22.3 Å². The first kappa shape index (κ1) is 19.0. The molecule has 2 nitrogen and oxygen atoms in total. The number of nitrogens with two attached hydrogens (primary N) is 2. The molecule has 0 heterocycles. The van der Waals surface area contributed by atoms with E-state index in [0.29, 0.717) is 0 Å². The van der Waals surface area contributed by atoms with Crippen LogP contribution in [-0.2, 0) is 5.54 Å². The van der Waals surface area contributed by atoms with Gasteiger partial charge in [-0.25, -0.2) is 0 Å². The molecule has 0 spiro atoms. The van der Waals surface area contributed by atoms with Gasteiger partial charge in [-0.1, -0.05) is 35.4 Å². The third-order valence-corrected chi connectivity index (χ3v) is 3.68. The summed E-state index contributed by atoms with van der Waals surface area (Å²) in [5, 5.41) is 0. The Balaban J connectivity index is 0.00000180. The molecule has 0 fully saturated rings. The first-order chi connectivity index (χ1) is 8.32. The van der Waals surface area contributed by atoms with E-state index in [2.05, 4.69) is 45.0 Å². The van der Waals surface area contributed by atoms with Crippen LogP contribution in [0.25, 0.3) is 0 Å². The lowest BCUT2D eigenvalue weighted by atomic mass is 9.78. The monoisotopic (exact) mass is 314 g/mol. The number of allylic oxidation sites excluding steroid dienone is 1. The van der Waals surface area contributed by atoms with Crippen LogP contribution in [0.2, 0.25) is 0 Å². The summed E-state index contributed by atoms with van der Waals surface area (Å²) in [4.78, 5) is 0. The summed E-state index contributed by atoms with van der Waals surface area (Å²) >= 11 is 0. The second kappa shape index (κ2) is 6.66. The third kappa shape index (κ3) is 3.57. The van der Waals surface area contributed by atoms with Gasteiger partial charge in [0.15, 0.2) is 0 Å². The lowest BCUT2D eigenvalue weighted by Gasteiger charge is -2.33. The normalized spacial score (nSPS) is 21.8. The molecular weight excluding hydrogens is 291 g/mol. The molecule has 1 unspecified atom stereocenters. The number of hydrogen-bond donors (Lipinski definition) is 2. The summed E-state index contributed by atoms with van der Waals surface area (Å²) in [6.45, 7) is 8.31. The van der Waals surface area contributed by atoms with Crippen molar-refractivity contribution in [1.82, 2.24) is 0 Å². The van der Waals surface area contributed by atoms with E-state index < -0.39 is 5.54 Å². The van der Waals surface area contributed by atoms with Gasteiger partial charge in [0.2, 0.25) is 0 Å². The Kier molecular flexibility index (Phi) is 6.34. The molecule has 4 heteroatoms. The van der Waals surface area contributed by atoms with Crippen molar-refractivity contribution < 1.29 is 0 Å². The highest BCUT2D eigenvalue weighted by molar-refractivity contribution is 5.85. The number of halogens is 2. The van der Waals surface area contributed by atoms with Crippen LogP contribution in [0, 0.1) is 13.8 Å². The molecule has 20 heavy (non-hydrogen) atoms. The van der Waals surface area contributed by atoms with Gasteiger partial charge in [-0.05, 0) is 50.8 Å². The van der Waals surface area contributed by atoms with Crippen LogP contribution in [0.15, 0.2) is 41.1 Å². The zero-order chi connectivity index (χ0) is 13.5. The summed E-state index contributed by atoms with van der Waals surface area (Å²) in [5.41, 5.74) is 19.0. The van der Waals surface area contributed by atoms with Gasteiger partial charge in [0.05, 0.1) is 5.54 Å². The summed E-state index contributed by atoms with van der Waals surface area (Å²) < 4.78 is 0. The number of rotatable bonds is 1. The van der Waals surface area contributed by atoms with Crippen molar-refractivity contribution in [1.29, 1.82) is 0 Å². The van der Waals surface area contributed by atoms with E-state index in [1.807, 2.05) is 6.92 Å². The molecule has 1 aromatic carbocycles. The summed E-state index contributed by atoms with van der Waals surface area (Å²) in [6.07, 6.45) is 2.89. The van der Waals surface area contributed by atoms with Crippen LogP contribution < -0.4 is 11.5 Å². The molecule has 1 aliphatic rings. The van der Waals surface area contributed by atoms with Crippen molar-refractivity contribution in [3.05, 3.63) is 57.8 Å². The Morgan fingerprint density at radius 1 is 0.950 bits per heavy atom. The lowest BCUT2D eigenvalue weighted by molar-refractivity contribution is 0.538. The van der Waals surface area contributed by atoms with Crippen molar-refractivity contribution in [3.8, 4) is 0 Å². The molecule has 0 saturated heterocycles. The second-order valence-electron chi connectivity index (χ2n) is 5.61. The predicted octanol–water partition coefficient (Wildman–Crippen LogP) is 3.88. The molecule has 0 aliphatic heterocycles. The fourth-order valence-corrected chi connectivity index (χ4v) is 2.81. The third-order valence-electron chi connectivity index (χ3n) is 3.68. The maximum absolute atomic E-state index is 6.60. The van der Waals surface area contributed by atoms with Crippen LogP contribution >= 0.6 is 24.8 Å². The molecule has 4 N–H and O–H groups in total. The molecule has 0 bridgehead atoms. The Hall–Kier alpha value is -0.960. The van der Waals surface area contributed by atoms with E-state index >= 15 is 0 Å². The van der Waals surface area contributed by atoms with E-state index in [0.717, 1.165) is 17.7 Å². The van der Waals surface area contributed by atoms with Crippen molar-refractivity contribution in [3.63, 3.8) is 0 Å². The zero-order valence-corrected chi connectivity index (χ0v) is 14.1. The van der Waals surface area contributed by atoms with Crippen LogP contribution in [0.1, 0.15) is 37.0 Å². The van der Waals surface area contributed by atoms with E-state index in [-0.39, 0.29) is 24.8 Å². The average molecular weight is 315 g/mol. The van der Waals surface area contributed by atoms with Crippen LogP contribution in [0.4, 0.5) is 0 Å². The molecule has 0 aromatic heterocycles. The molecule has 1 aromatic rings. The first-order valence-corrected chi connectivity index (χ1v) is 6.34. The minimum Gasteiger partial charge on any atom is -0.399 e. The predicted molar refractivity (Wildman–Crippen MR) is 91.5 cm³/mol. The summed E-state index contributed by atoms with van der Waals surface area (Å²) in [6, 6.07) is 6.51. The molecule has 0 radical (unpaired) electrons. The van der Waals surface area contributed by atoms with Gasteiger partial charge in [-0.15, -0.1) is 24.8 Å². The van der Waals surface area contributed by atoms with Crippen molar-refractivity contribution in [2.24, 2.45) is 11.5 Å². The molecule has 0 amide bonds. The Bertz CT molecular complexity index is 541. The molecule has 1 aliphatic carbocycles. The Morgan fingerprint density at radius 3 is 1.90 bits per heavy atom. The molecule has 2 rings (SSSR count). The smallest absolute Gasteiger partial charge is 0.0640 e. The minimum absolute atomic E-state index is 0. The van der Waals surface area contributed by atoms with Gasteiger partial charge in [0.25, 0.3) is 0 Å². The van der Waals surface area contributed by atoms with Crippen LogP contribution in [0.3, 0.4) is 0 Å². The van der Waals surface area contributed by atoms with Gasteiger partial charge in [0, 0.05) is 5.70 Å². The van der Waals surface area contributed by atoms with Gasteiger partial charge in [-0.2, -0.15) is 0 Å². The minimum atomic E-state index is -0.423. The highest BCUT2D eigenvalue weighted by Crippen LogP contribution is 2.35. The summed E-state index contributed by atoms with van der Waals surface area (Å²) in [5.74, 6) is 0. The van der Waals surface area contributed by atoms with Gasteiger partial charge in [0.1, 0.15) is 0 Å². The fourth-order valence-electron chi connectivity index (χ4n) is 2.81. The SMILES string of the molecule is CC1=CC(N)(c2cc(C)cc(C)c2)CC(C)=C1N.Cl.Cl. The number of aryl methyl sites for hydroxylation is 2. The van der Waals surface area contributed by atoms with Crippen molar-refractivity contribution in [2.75, 3.05) is 0 Å². The molecule has 112 valence electrons. The van der Waals surface area contributed by atoms with Crippen LogP contribution in [-0.4, -0.2) is 0 Å². The van der Waals surface area contributed by atoms with Crippen LogP contribution in [0.5, 0.6) is 0 Å². The lowest BCUT2D eigenvalue weighted by Crippen LogP contribution is -2.38. The first-order valence-electron chi connectivity index (χ1n) is 6.34. The Morgan fingerprint density at radius 2 is 1.45 bits per heavy atom. The Labute approximate surface area is 134 Å².